The van der Waals surface area contributed by atoms with Gasteiger partial charge in [-0.2, -0.15) is 0 Å². The summed E-state index contributed by atoms with van der Waals surface area (Å²) in [4.78, 5) is 22.9. The van der Waals surface area contributed by atoms with Gasteiger partial charge in [0.15, 0.2) is 0 Å². The van der Waals surface area contributed by atoms with E-state index in [0.29, 0.717) is 17.4 Å². The Morgan fingerprint density at radius 2 is 2.25 bits per heavy atom. The molecular formula is C11H14N2O3. The van der Waals surface area contributed by atoms with Crippen molar-refractivity contribution < 1.29 is 14.0 Å². The molecule has 5 nitrogen and oxygen atoms in total. The van der Waals surface area contributed by atoms with Crippen molar-refractivity contribution in [2.45, 2.75) is 25.8 Å². The second kappa shape index (κ2) is 4.38. The standard InChI is InChI=1S/C11H14N2O3/c1-7-9(4-5-16-7)11(15)12-6-10(14)13-8-2-3-8/h4-5,8H,2-3,6H2,1H3,(H,12,15)(H,13,14). The van der Waals surface area contributed by atoms with E-state index in [0.717, 1.165) is 12.8 Å². The summed E-state index contributed by atoms with van der Waals surface area (Å²) in [7, 11) is 0. The van der Waals surface area contributed by atoms with Crippen molar-refractivity contribution in [3.05, 3.63) is 23.7 Å². The average molecular weight is 222 g/mol. The molecule has 1 fully saturated rings. The van der Waals surface area contributed by atoms with Crippen LogP contribution in [-0.4, -0.2) is 24.4 Å². The molecule has 0 unspecified atom stereocenters. The van der Waals surface area contributed by atoms with Gasteiger partial charge in [-0.05, 0) is 25.8 Å². The third-order valence-corrected chi connectivity index (χ3v) is 2.46. The highest BCUT2D eigenvalue weighted by Gasteiger charge is 2.23. The minimum absolute atomic E-state index is 0.0138. The summed E-state index contributed by atoms with van der Waals surface area (Å²) in [6, 6.07) is 1.91. The molecule has 1 aliphatic rings. The van der Waals surface area contributed by atoms with E-state index in [-0.39, 0.29) is 18.4 Å². The average Bonchev–Trinajstić information content (AvgIpc) is 2.95. The molecule has 0 aromatic carbocycles. The zero-order valence-corrected chi connectivity index (χ0v) is 9.08. The number of aryl methyl sites for hydroxylation is 1. The van der Waals surface area contributed by atoms with E-state index in [1.165, 1.54) is 6.26 Å². The maximum atomic E-state index is 11.6. The first-order valence-corrected chi connectivity index (χ1v) is 5.28. The van der Waals surface area contributed by atoms with Gasteiger partial charge in [0.1, 0.15) is 5.76 Å². The first kappa shape index (κ1) is 10.7. The molecule has 0 saturated heterocycles. The highest BCUT2D eigenvalue weighted by Crippen LogP contribution is 2.18. The molecule has 5 heteroatoms. The molecule has 2 rings (SSSR count). The van der Waals surface area contributed by atoms with Gasteiger partial charge in [0.05, 0.1) is 18.4 Å². The molecule has 0 spiro atoms. The van der Waals surface area contributed by atoms with Crippen LogP contribution >= 0.6 is 0 Å². The Morgan fingerprint density at radius 3 is 2.81 bits per heavy atom. The lowest BCUT2D eigenvalue weighted by atomic mass is 10.2. The van der Waals surface area contributed by atoms with Gasteiger partial charge < -0.3 is 15.1 Å². The van der Waals surface area contributed by atoms with Crippen molar-refractivity contribution >= 4 is 11.8 Å². The van der Waals surface area contributed by atoms with Crippen molar-refractivity contribution in [1.82, 2.24) is 10.6 Å². The fraction of sp³-hybridized carbons (Fsp3) is 0.455. The van der Waals surface area contributed by atoms with Gasteiger partial charge in [-0.15, -0.1) is 0 Å². The van der Waals surface area contributed by atoms with E-state index in [1.807, 2.05) is 0 Å². The van der Waals surface area contributed by atoms with E-state index < -0.39 is 0 Å². The Kier molecular flexibility index (Phi) is 2.94. The quantitative estimate of drug-likeness (QED) is 0.783. The van der Waals surface area contributed by atoms with Crippen molar-refractivity contribution in [3.63, 3.8) is 0 Å². The number of nitrogens with one attached hydrogen (secondary N) is 2. The van der Waals surface area contributed by atoms with Crippen LogP contribution in [0.5, 0.6) is 0 Å². The number of carbonyl (C=O) groups excluding carboxylic acids is 2. The number of carbonyl (C=O) groups is 2. The van der Waals surface area contributed by atoms with Gasteiger partial charge in [-0.25, -0.2) is 0 Å². The zero-order chi connectivity index (χ0) is 11.5. The molecule has 0 bridgehead atoms. The third kappa shape index (κ3) is 2.62. The van der Waals surface area contributed by atoms with Crippen LogP contribution in [0.2, 0.25) is 0 Å². The summed E-state index contributed by atoms with van der Waals surface area (Å²) in [6.45, 7) is 1.72. The van der Waals surface area contributed by atoms with Crippen LogP contribution in [0.3, 0.4) is 0 Å². The molecule has 2 amide bonds. The van der Waals surface area contributed by atoms with Gasteiger partial charge >= 0.3 is 0 Å². The van der Waals surface area contributed by atoms with E-state index in [1.54, 1.807) is 13.0 Å². The molecule has 86 valence electrons. The molecule has 1 aromatic heterocycles. The smallest absolute Gasteiger partial charge is 0.255 e. The fourth-order valence-corrected chi connectivity index (χ4v) is 1.38. The summed E-state index contributed by atoms with van der Waals surface area (Å²) < 4.78 is 5.01. The van der Waals surface area contributed by atoms with Crippen LogP contribution < -0.4 is 10.6 Å². The molecular weight excluding hydrogens is 208 g/mol. The Morgan fingerprint density at radius 1 is 1.50 bits per heavy atom. The lowest BCUT2D eigenvalue weighted by Gasteiger charge is -2.04. The molecule has 0 radical (unpaired) electrons. The third-order valence-electron chi connectivity index (χ3n) is 2.46. The largest absolute Gasteiger partial charge is 0.469 e. The maximum Gasteiger partial charge on any atom is 0.255 e. The lowest BCUT2D eigenvalue weighted by Crippen LogP contribution is -2.37. The zero-order valence-electron chi connectivity index (χ0n) is 9.08. The van der Waals surface area contributed by atoms with E-state index >= 15 is 0 Å². The van der Waals surface area contributed by atoms with Crippen LogP contribution in [0.25, 0.3) is 0 Å². The monoisotopic (exact) mass is 222 g/mol. The Hall–Kier alpha value is -1.78. The van der Waals surface area contributed by atoms with Gasteiger partial charge in [-0.3, -0.25) is 9.59 Å². The second-order valence-corrected chi connectivity index (χ2v) is 3.91. The molecule has 0 atom stereocenters. The van der Waals surface area contributed by atoms with Gasteiger partial charge in [0.25, 0.3) is 5.91 Å². The van der Waals surface area contributed by atoms with Crippen LogP contribution in [-0.2, 0) is 4.79 Å². The Labute approximate surface area is 93.2 Å². The SMILES string of the molecule is Cc1occc1C(=O)NCC(=O)NC1CC1. The summed E-state index contributed by atoms with van der Waals surface area (Å²) in [5, 5.41) is 5.34. The number of furan rings is 1. The molecule has 0 aliphatic heterocycles. The Bertz CT molecular complexity index is 407. The highest BCUT2D eigenvalue weighted by atomic mass is 16.3. The predicted molar refractivity (Wildman–Crippen MR) is 56.9 cm³/mol. The van der Waals surface area contributed by atoms with Crippen molar-refractivity contribution in [2.24, 2.45) is 0 Å². The fourth-order valence-electron chi connectivity index (χ4n) is 1.38. The summed E-state index contributed by atoms with van der Waals surface area (Å²) in [6.07, 6.45) is 3.54. The van der Waals surface area contributed by atoms with Crippen molar-refractivity contribution in [1.29, 1.82) is 0 Å². The van der Waals surface area contributed by atoms with Crippen LogP contribution in [0.15, 0.2) is 16.7 Å². The van der Waals surface area contributed by atoms with Crippen LogP contribution in [0, 0.1) is 6.92 Å². The molecule has 1 aliphatic carbocycles. The van der Waals surface area contributed by atoms with E-state index in [2.05, 4.69) is 10.6 Å². The van der Waals surface area contributed by atoms with Crippen LogP contribution in [0.1, 0.15) is 29.0 Å². The minimum atomic E-state index is -0.280. The number of amides is 2. The maximum absolute atomic E-state index is 11.6. The molecule has 16 heavy (non-hydrogen) atoms. The van der Waals surface area contributed by atoms with E-state index in [9.17, 15) is 9.59 Å². The number of hydrogen-bond donors (Lipinski definition) is 2. The topological polar surface area (TPSA) is 71.3 Å². The van der Waals surface area contributed by atoms with E-state index in [4.69, 9.17) is 4.42 Å². The molecule has 2 N–H and O–H groups in total. The summed E-state index contributed by atoms with van der Waals surface area (Å²) in [5.74, 6) is 0.134. The first-order chi connectivity index (χ1) is 7.66. The molecule has 1 heterocycles. The van der Waals surface area contributed by atoms with Gasteiger partial charge in [0.2, 0.25) is 5.91 Å². The van der Waals surface area contributed by atoms with Crippen molar-refractivity contribution in [3.8, 4) is 0 Å². The minimum Gasteiger partial charge on any atom is -0.469 e. The second-order valence-electron chi connectivity index (χ2n) is 3.91. The van der Waals surface area contributed by atoms with Gasteiger partial charge in [-0.1, -0.05) is 0 Å². The van der Waals surface area contributed by atoms with Crippen LogP contribution in [0.4, 0.5) is 0 Å². The first-order valence-electron chi connectivity index (χ1n) is 5.28. The van der Waals surface area contributed by atoms with Gasteiger partial charge in [0, 0.05) is 6.04 Å². The summed E-state index contributed by atoms with van der Waals surface area (Å²) in [5.41, 5.74) is 0.472. The number of hydrogen-bond acceptors (Lipinski definition) is 3. The highest BCUT2D eigenvalue weighted by molar-refractivity contribution is 5.97. The lowest BCUT2D eigenvalue weighted by molar-refractivity contribution is -0.120. The van der Waals surface area contributed by atoms with Crippen molar-refractivity contribution in [2.75, 3.05) is 6.54 Å². The predicted octanol–water partition coefficient (Wildman–Crippen LogP) is 0.596. The summed E-state index contributed by atoms with van der Waals surface area (Å²) >= 11 is 0. The molecule has 1 aromatic rings. The normalized spacial score (nSPS) is 14.6. The number of rotatable bonds is 4. The Balaban J connectivity index is 1.79. The molecule has 1 saturated carbocycles.